The van der Waals surface area contributed by atoms with Crippen molar-refractivity contribution >= 4 is 17.5 Å². The summed E-state index contributed by atoms with van der Waals surface area (Å²) in [6, 6.07) is 0.462. The van der Waals surface area contributed by atoms with Crippen LogP contribution in [0, 0.1) is 0 Å². The standard InChI is InChI=1S/C12H21NOS/c1-10-8-11(14)4-6-13(10)9-12(2)5-3-7-15-12/h10H,3-9H2,1-2H3. The summed E-state index contributed by atoms with van der Waals surface area (Å²) >= 11 is 2.11. The van der Waals surface area contributed by atoms with E-state index in [1.165, 1.54) is 25.1 Å². The van der Waals surface area contributed by atoms with Gasteiger partial charge in [0, 0.05) is 36.7 Å². The fourth-order valence-electron chi connectivity index (χ4n) is 2.68. The van der Waals surface area contributed by atoms with Crippen LogP contribution >= 0.6 is 11.8 Å². The zero-order chi connectivity index (χ0) is 10.9. The van der Waals surface area contributed by atoms with E-state index < -0.39 is 0 Å². The predicted octanol–water partition coefficient (Wildman–Crippen LogP) is 2.33. The molecule has 2 rings (SSSR count). The molecule has 0 aromatic heterocycles. The molecule has 2 aliphatic heterocycles. The number of rotatable bonds is 2. The summed E-state index contributed by atoms with van der Waals surface area (Å²) < 4.78 is 0.453. The molecule has 0 aromatic rings. The van der Waals surface area contributed by atoms with Crippen LogP contribution < -0.4 is 0 Å². The van der Waals surface area contributed by atoms with Gasteiger partial charge in [-0.25, -0.2) is 0 Å². The minimum absolute atomic E-state index is 0.447. The Kier molecular flexibility index (Phi) is 3.41. The van der Waals surface area contributed by atoms with Gasteiger partial charge in [0.1, 0.15) is 5.78 Å². The van der Waals surface area contributed by atoms with E-state index in [9.17, 15) is 4.79 Å². The van der Waals surface area contributed by atoms with Gasteiger partial charge < -0.3 is 0 Å². The Balaban J connectivity index is 1.91. The molecule has 0 saturated carbocycles. The Morgan fingerprint density at radius 2 is 2.40 bits per heavy atom. The Labute approximate surface area is 96.8 Å². The molecule has 2 unspecified atom stereocenters. The lowest BCUT2D eigenvalue weighted by molar-refractivity contribution is -0.123. The second-order valence-electron chi connectivity index (χ2n) is 5.21. The van der Waals surface area contributed by atoms with Gasteiger partial charge in [0.15, 0.2) is 0 Å². The Hall–Kier alpha value is -0.0200. The Bertz CT molecular complexity index is 248. The zero-order valence-corrected chi connectivity index (χ0v) is 10.6. The van der Waals surface area contributed by atoms with E-state index in [0.717, 1.165) is 19.4 Å². The van der Waals surface area contributed by atoms with Crippen LogP contribution in [0.1, 0.15) is 39.5 Å². The first-order chi connectivity index (χ1) is 7.09. The number of carbonyl (C=O) groups excluding carboxylic acids is 1. The molecule has 2 atom stereocenters. The van der Waals surface area contributed by atoms with Gasteiger partial charge >= 0.3 is 0 Å². The summed E-state index contributed by atoms with van der Waals surface area (Å²) in [5, 5.41) is 0. The van der Waals surface area contributed by atoms with Gasteiger partial charge in [0.05, 0.1) is 0 Å². The molecule has 0 amide bonds. The number of ketones is 1. The lowest BCUT2D eigenvalue weighted by atomic mass is 9.98. The maximum Gasteiger partial charge on any atom is 0.135 e. The van der Waals surface area contributed by atoms with Crippen molar-refractivity contribution in [1.29, 1.82) is 0 Å². The van der Waals surface area contributed by atoms with E-state index in [1.54, 1.807) is 0 Å². The van der Waals surface area contributed by atoms with Crippen LogP contribution in [0.25, 0.3) is 0 Å². The number of carbonyl (C=O) groups is 1. The number of hydrogen-bond donors (Lipinski definition) is 0. The summed E-state index contributed by atoms with van der Waals surface area (Å²) in [7, 11) is 0. The molecule has 0 bridgehead atoms. The molecule has 15 heavy (non-hydrogen) atoms. The molecule has 2 aliphatic rings. The van der Waals surface area contributed by atoms with Crippen LogP contribution in [-0.4, -0.2) is 40.3 Å². The van der Waals surface area contributed by atoms with Gasteiger partial charge in [0.2, 0.25) is 0 Å². The van der Waals surface area contributed by atoms with E-state index in [-0.39, 0.29) is 0 Å². The number of thioether (sulfide) groups is 1. The molecule has 2 nitrogen and oxygen atoms in total. The average Bonchev–Trinajstić information content (AvgIpc) is 2.58. The van der Waals surface area contributed by atoms with Crippen molar-refractivity contribution in [3.05, 3.63) is 0 Å². The van der Waals surface area contributed by atoms with E-state index >= 15 is 0 Å². The van der Waals surface area contributed by atoms with Crippen molar-refractivity contribution in [1.82, 2.24) is 4.90 Å². The average molecular weight is 227 g/mol. The molecule has 86 valence electrons. The third kappa shape index (κ3) is 2.76. The van der Waals surface area contributed by atoms with Crippen molar-refractivity contribution in [2.45, 2.75) is 50.3 Å². The summed E-state index contributed by atoms with van der Waals surface area (Å²) in [6.07, 6.45) is 4.24. The topological polar surface area (TPSA) is 20.3 Å². The van der Waals surface area contributed by atoms with Crippen molar-refractivity contribution < 1.29 is 4.79 Å². The Morgan fingerprint density at radius 1 is 1.60 bits per heavy atom. The first kappa shape index (κ1) is 11.5. The van der Waals surface area contributed by atoms with Crippen molar-refractivity contribution in [3.63, 3.8) is 0 Å². The molecular weight excluding hydrogens is 206 g/mol. The third-order valence-corrected chi connectivity index (χ3v) is 5.19. The van der Waals surface area contributed by atoms with Gasteiger partial charge in [0.25, 0.3) is 0 Å². The minimum atomic E-state index is 0.447. The highest BCUT2D eigenvalue weighted by Gasteiger charge is 2.34. The van der Waals surface area contributed by atoms with Crippen LogP contribution in [0.3, 0.4) is 0 Å². The summed E-state index contributed by atoms with van der Waals surface area (Å²) in [5.41, 5.74) is 0. The summed E-state index contributed by atoms with van der Waals surface area (Å²) in [6.45, 7) is 6.73. The largest absolute Gasteiger partial charge is 0.300 e. The van der Waals surface area contributed by atoms with Gasteiger partial charge in [-0.1, -0.05) is 0 Å². The molecule has 2 heterocycles. The van der Waals surface area contributed by atoms with Crippen LogP contribution in [0.2, 0.25) is 0 Å². The maximum atomic E-state index is 11.3. The number of nitrogens with zero attached hydrogens (tertiary/aromatic N) is 1. The van der Waals surface area contributed by atoms with E-state index in [4.69, 9.17) is 0 Å². The first-order valence-corrected chi connectivity index (χ1v) is 6.97. The second-order valence-corrected chi connectivity index (χ2v) is 6.90. The molecule has 3 heteroatoms. The zero-order valence-electron chi connectivity index (χ0n) is 9.79. The fourth-order valence-corrected chi connectivity index (χ4v) is 4.00. The highest BCUT2D eigenvalue weighted by Crippen LogP contribution is 2.39. The van der Waals surface area contributed by atoms with Gasteiger partial charge in [-0.05, 0) is 32.4 Å². The SMILES string of the molecule is CC1CC(=O)CCN1CC1(C)CCCS1. The number of likely N-dealkylation sites (tertiary alicyclic amines) is 1. The number of Topliss-reactive ketones (excluding diaryl/α,β-unsaturated/α-hetero) is 1. The lowest BCUT2D eigenvalue weighted by Gasteiger charge is -2.38. The highest BCUT2D eigenvalue weighted by molar-refractivity contribution is 8.00. The smallest absolute Gasteiger partial charge is 0.135 e. The maximum absolute atomic E-state index is 11.3. The van der Waals surface area contributed by atoms with Crippen LogP contribution in [0.5, 0.6) is 0 Å². The molecule has 0 aromatic carbocycles. The second kappa shape index (κ2) is 4.46. The molecule has 2 fully saturated rings. The highest BCUT2D eigenvalue weighted by atomic mass is 32.2. The summed E-state index contributed by atoms with van der Waals surface area (Å²) in [5.74, 6) is 1.76. The summed E-state index contributed by atoms with van der Waals surface area (Å²) in [4.78, 5) is 13.8. The van der Waals surface area contributed by atoms with Gasteiger partial charge in [-0.3, -0.25) is 9.69 Å². The molecule has 2 saturated heterocycles. The molecular formula is C12H21NOS. The predicted molar refractivity (Wildman–Crippen MR) is 65.4 cm³/mol. The molecule has 0 aliphatic carbocycles. The lowest BCUT2D eigenvalue weighted by Crippen LogP contribution is -2.47. The normalized spacial score (nSPS) is 38.5. The Morgan fingerprint density at radius 3 is 3.00 bits per heavy atom. The van der Waals surface area contributed by atoms with E-state index in [1.807, 2.05) is 0 Å². The van der Waals surface area contributed by atoms with E-state index in [0.29, 0.717) is 16.6 Å². The fraction of sp³-hybridized carbons (Fsp3) is 0.917. The quantitative estimate of drug-likeness (QED) is 0.722. The number of hydrogen-bond acceptors (Lipinski definition) is 3. The minimum Gasteiger partial charge on any atom is -0.300 e. The third-order valence-electron chi connectivity index (χ3n) is 3.66. The first-order valence-electron chi connectivity index (χ1n) is 5.99. The van der Waals surface area contributed by atoms with Gasteiger partial charge in [-0.2, -0.15) is 11.8 Å². The van der Waals surface area contributed by atoms with Gasteiger partial charge in [-0.15, -0.1) is 0 Å². The van der Waals surface area contributed by atoms with Crippen LogP contribution in [-0.2, 0) is 4.79 Å². The molecule has 0 radical (unpaired) electrons. The van der Waals surface area contributed by atoms with E-state index in [2.05, 4.69) is 30.5 Å². The van der Waals surface area contributed by atoms with Crippen molar-refractivity contribution in [2.75, 3.05) is 18.8 Å². The molecule has 0 N–H and O–H groups in total. The van der Waals surface area contributed by atoms with Crippen LogP contribution in [0.4, 0.5) is 0 Å². The van der Waals surface area contributed by atoms with Crippen molar-refractivity contribution in [3.8, 4) is 0 Å². The van der Waals surface area contributed by atoms with Crippen LogP contribution in [0.15, 0.2) is 0 Å². The van der Waals surface area contributed by atoms with Crippen molar-refractivity contribution in [2.24, 2.45) is 0 Å². The monoisotopic (exact) mass is 227 g/mol. The number of piperidine rings is 1. The molecule has 0 spiro atoms.